The van der Waals surface area contributed by atoms with Crippen LogP contribution in [0.15, 0.2) is 0 Å². The van der Waals surface area contributed by atoms with E-state index in [4.69, 9.17) is 5.11 Å². The van der Waals surface area contributed by atoms with E-state index in [1.165, 1.54) is 19.3 Å². The molecule has 0 spiro atoms. The van der Waals surface area contributed by atoms with Crippen molar-refractivity contribution in [1.29, 1.82) is 0 Å². The molecule has 1 saturated heterocycles. The van der Waals surface area contributed by atoms with Crippen molar-refractivity contribution in [2.75, 3.05) is 13.2 Å². The van der Waals surface area contributed by atoms with E-state index >= 15 is 0 Å². The average Bonchev–Trinajstić information content (AvgIpc) is 2.34. The largest absolute Gasteiger partial charge is 0.394 e. The third-order valence-corrected chi connectivity index (χ3v) is 3.21. The summed E-state index contributed by atoms with van der Waals surface area (Å²) in [6.45, 7) is 3.08. The molecule has 1 rings (SSSR count). The minimum absolute atomic E-state index is 0.0317. The summed E-state index contributed by atoms with van der Waals surface area (Å²) in [6.07, 6.45) is 5.97. The number of aliphatic hydroxyl groups excluding tert-OH is 1. The van der Waals surface area contributed by atoms with Crippen molar-refractivity contribution in [3.8, 4) is 0 Å². The number of amides is 1. The van der Waals surface area contributed by atoms with Gasteiger partial charge in [0.15, 0.2) is 0 Å². The molecule has 1 fully saturated rings. The van der Waals surface area contributed by atoms with Crippen LogP contribution in [0.1, 0.15) is 45.4 Å². The molecule has 1 aliphatic heterocycles. The second kappa shape index (κ2) is 7.63. The lowest BCUT2D eigenvalue weighted by Gasteiger charge is -2.23. The lowest BCUT2D eigenvalue weighted by atomic mass is 10.0. The molecule has 0 radical (unpaired) electrons. The zero-order valence-corrected chi connectivity index (χ0v) is 10.2. The Kier molecular flexibility index (Phi) is 6.42. The summed E-state index contributed by atoms with van der Waals surface area (Å²) < 4.78 is 0. The maximum Gasteiger partial charge on any atom is 0.220 e. The van der Waals surface area contributed by atoms with E-state index in [1.54, 1.807) is 0 Å². The van der Waals surface area contributed by atoms with Gasteiger partial charge in [0.25, 0.3) is 0 Å². The molecular weight excluding hydrogens is 204 g/mol. The highest BCUT2D eigenvalue weighted by Gasteiger charge is 2.15. The first kappa shape index (κ1) is 13.5. The maximum atomic E-state index is 11.6. The van der Waals surface area contributed by atoms with Gasteiger partial charge in [0.2, 0.25) is 5.91 Å². The number of hydrogen-bond acceptors (Lipinski definition) is 3. The van der Waals surface area contributed by atoms with E-state index in [0.29, 0.717) is 12.5 Å². The van der Waals surface area contributed by atoms with Gasteiger partial charge in [0.05, 0.1) is 12.6 Å². The summed E-state index contributed by atoms with van der Waals surface area (Å²) in [4.78, 5) is 11.6. The Morgan fingerprint density at radius 3 is 2.94 bits per heavy atom. The summed E-state index contributed by atoms with van der Waals surface area (Å²) >= 11 is 0. The smallest absolute Gasteiger partial charge is 0.220 e. The summed E-state index contributed by atoms with van der Waals surface area (Å²) in [7, 11) is 0. The van der Waals surface area contributed by atoms with E-state index < -0.39 is 0 Å². The van der Waals surface area contributed by atoms with E-state index in [-0.39, 0.29) is 18.6 Å². The predicted octanol–water partition coefficient (Wildman–Crippen LogP) is 0.796. The standard InChI is InChI=1S/C12H24N2O2/c1-2-10(9-15)14-12(16)7-6-11-5-3-4-8-13-11/h10-11,13,15H,2-9H2,1H3,(H,14,16)/t10-,11?/m1/s1. The molecule has 3 N–H and O–H groups in total. The summed E-state index contributed by atoms with van der Waals surface area (Å²) in [5, 5.41) is 15.2. The second-order valence-corrected chi connectivity index (χ2v) is 4.54. The van der Waals surface area contributed by atoms with Crippen LogP contribution in [-0.4, -0.2) is 36.2 Å². The predicted molar refractivity (Wildman–Crippen MR) is 64.2 cm³/mol. The van der Waals surface area contributed by atoms with Crippen molar-refractivity contribution in [2.24, 2.45) is 0 Å². The van der Waals surface area contributed by atoms with Gasteiger partial charge in [-0.25, -0.2) is 0 Å². The van der Waals surface area contributed by atoms with Gasteiger partial charge in [-0.2, -0.15) is 0 Å². The van der Waals surface area contributed by atoms with E-state index in [1.807, 2.05) is 6.92 Å². The number of rotatable bonds is 6. The van der Waals surface area contributed by atoms with Gasteiger partial charge in [0.1, 0.15) is 0 Å². The lowest BCUT2D eigenvalue weighted by molar-refractivity contribution is -0.122. The first-order valence-electron chi connectivity index (χ1n) is 6.39. The first-order chi connectivity index (χ1) is 7.76. The van der Waals surface area contributed by atoms with E-state index in [0.717, 1.165) is 19.4 Å². The topological polar surface area (TPSA) is 61.4 Å². The molecule has 0 saturated carbocycles. The van der Waals surface area contributed by atoms with Crippen LogP contribution in [0.2, 0.25) is 0 Å². The fourth-order valence-corrected chi connectivity index (χ4v) is 2.05. The molecule has 1 heterocycles. The Morgan fingerprint density at radius 2 is 2.38 bits per heavy atom. The van der Waals surface area contributed by atoms with Gasteiger partial charge < -0.3 is 15.7 Å². The fourth-order valence-electron chi connectivity index (χ4n) is 2.05. The minimum Gasteiger partial charge on any atom is -0.394 e. The monoisotopic (exact) mass is 228 g/mol. The van der Waals surface area contributed by atoms with Crippen LogP contribution in [0.25, 0.3) is 0 Å². The van der Waals surface area contributed by atoms with E-state index in [9.17, 15) is 4.79 Å². The molecule has 1 aliphatic rings. The quantitative estimate of drug-likeness (QED) is 0.630. The van der Waals surface area contributed by atoms with Crippen molar-refractivity contribution >= 4 is 5.91 Å². The number of piperidine rings is 1. The van der Waals surface area contributed by atoms with Crippen molar-refractivity contribution in [3.63, 3.8) is 0 Å². The Morgan fingerprint density at radius 1 is 1.56 bits per heavy atom. The minimum atomic E-state index is -0.0770. The summed E-state index contributed by atoms with van der Waals surface area (Å²) in [5.74, 6) is 0.0632. The van der Waals surface area contributed by atoms with Gasteiger partial charge in [-0.3, -0.25) is 4.79 Å². The normalized spacial score (nSPS) is 22.8. The Bertz CT molecular complexity index is 199. The van der Waals surface area contributed by atoms with Crippen molar-refractivity contribution in [3.05, 3.63) is 0 Å². The highest BCUT2D eigenvalue weighted by molar-refractivity contribution is 5.76. The molecule has 0 aromatic carbocycles. The van der Waals surface area contributed by atoms with Crippen molar-refractivity contribution in [1.82, 2.24) is 10.6 Å². The Balaban J connectivity index is 2.13. The average molecular weight is 228 g/mol. The third-order valence-electron chi connectivity index (χ3n) is 3.21. The molecule has 4 nitrogen and oxygen atoms in total. The van der Waals surface area contributed by atoms with Crippen LogP contribution in [0.3, 0.4) is 0 Å². The molecule has 0 aromatic heterocycles. The van der Waals surface area contributed by atoms with Crippen molar-refractivity contribution in [2.45, 2.75) is 57.5 Å². The lowest BCUT2D eigenvalue weighted by Crippen LogP contribution is -2.39. The molecule has 0 aromatic rings. The van der Waals surface area contributed by atoms with Gasteiger partial charge in [-0.05, 0) is 32.2 Å². The number of carbonyl (C=O) groups is 1. The van der Waals surface area contributed by atoms with Gasteiger partial charge >= 0.3 is 0 Å². The molecule has 94 valence electrons. The maximum absolute atomic E-state index is 11.6. The summed E-state index contributed by atoms with van der Waals surface area (Å²) in [5.41, 5.74) is 0. The second-order valence-electron chi connectivity index (χ2n) is 4.54. The van der Waals surface area contributed by atoms with Crippen LogP contribution < -0.4 is 10.6 Å². The molecule has 0 aliphatic carbocycles. The molecular formula is C12H24N2O2. The highest BCUT2D eigenvalue weighted by Crippen LogP contribution is 2.11. The van der Waals surface area contributed by atoms with Crippen molar-refractivity contribution < 1.29 is 9.90 Å². The molecule has 0 bridgehead atoms. The molecule has 1 unspecified atom stereocenters. The van der Waals surface area contributed by atoms with Crippen LogP contribution in [0.4, 0.5) is 0 Å². The number of hydrogen-bond donors (Lipinski definition) is 3. The highest BCUT2D eigenvalue weighted by atomic mass is 16.3. The fraction of sp³-hybridized carbons (Fsp3) is 0.917. The van der Waals surface area contributed by atoms with Gasteiger partial charge in [0, 0.05) is 12.5 Å². The zero-order chi connectivity index (χ0) is 11.8. The number of carbonyl (C=O) groups excluding carboxylic acids is 1. The van der Waals surface area contributed by atoms with Crippen LogP contribution in [0, 0.1) is 0 Å². The number of aliphatic hydroxyl groups is 1. The molecule has 16 heavy (non-hydrogen) atoms. The number of nitrogens with one attached hydrogen (secondary N) is 2. The van der Waals surface area contributed by atoms with Gasteiger partial charge in [-0.15, -0.1) is 0 Å². The molecule has 2 atom stereocenters. The molecule has 1 amide bonds. The van der Waals surface area contributed by atoms with Crippen LogP contribution >= 0.6 is 0 Å². The Hall–Kier alpha value is -0.610. The third kappa shape index (κ3) is 4.94. The first-order valence-corrected chi connectivity index (χ1v) is 6.39. The van der Waals surface area contributed by atoms with Gasteiger partial charge in [-0.1, -0.05) is 13.3 Å². The zero-order valence-electron chi connectivity index (χ0n) is 10.2. The molecule has 4 heteroatoms. The van der Waals surface area contributed by atoms with Crippen LogP contribution in [0.5, 0.6) is 0 Å². The van der Waals surface area contributed by atoms with E-state index in [2.05, 4.69) is 10.6 Å². The SMILES string of the molecule is CC[C@H](CO)NC(=O)CCC1CCCCN1. The summed E-state index contributed by atoms with van der Waals surface area (Å²) in [6, 6.07) is 0.431. The Labute approximate surface area is 97.8 Å². The van der Waals surface area contributed by atoms with Crippen LogP contribution in [-0.2, 0) is 4.79 Å².